The highest BCUT2D eigenvalue weighted by atomic mass is 35.5. The molecule has 0 aromatic heterocycles. The molecule has 2 N–H and O–H groups in total. The molecule has 1 aromatic rings. The Balaban J connectivity index is 3.02. The van der Waals surface area contributed by atoms with Gasteiger partial charge in [-0.1, -0.05) is 24.6 Å². The number of nitrogens with zero attached hydrogens (tertiary/aromatic N) is 2. The van der Waals surface area contributed by atoms with Gasteiger partial charge in [0.2, 0.25) is 0 Å². The van der Waals surface area contributed by atoms with Gasteiger partial charge in [-0.3, -0.25) is 4.90 Å². The van der Waals surface area contributed by atoms with E-state index in [9.17, 15) is 0 Å². The van der Waals surface area contributed by atoms with Crippen LogP contribution in [-0.4, -0.2) is 49.6 Å². The molecule has 0 spiro atoms. The maximum Gasteiger partial charge on any atom is 0.0476 e. The molecule has 2 atom stereocenters. The van der Waals surface area contributed by atoms with Crippen molar-refractivity contribution in [1.29, 1.82) is 0 Å². The molecule has 0 saturated carbocycles. The van der Waals surface area contributed by atoms with Crippen LogP contribution in [0.15, 0.2) is 18.2 Å². The summed E-state index contributed by atoms with van der Waals surface area (Å²) in [6, 6.07) is 6.78. The molecule has 3 nitrogen and oxygen atoms in total. The highest BCUT2D eigenvalue weighted by molar-refractivity contribution is 6.30. The largest absolute Gasteiger partial charge is 0.329 e. The third-order valence-electron chi connectivity index (χ3n) is 3.78. The van der Waals surface area contributed by atoms with E-state index in [1.807, 2.05) is 12.1 Å². The van der Waals surface area contributed by atoms with E-state index >= 15 is 0 Å². The van der Waals surface area contributed by atoms with Gasteiger partial charge in [0.05, 0.1) is 0 Å². The van der Waals surface area contributed by atoms with E-state index in [2.05, 4.69) is 50.7 Å². The van der Waals surface area contributed by atoms with E-state index in [1.54, 1.807) is 0 Å². The van der Waals surface area contributed by atoms with Crippen LogP contribution in [0.4, 0.5) is 0 Å². The van der Waals surface area contributed by atoms with Gasteiger partial charge in [-0.05, 0) is 57.7 Å². The molecule has 0 bridgehead atoms. The fourth-order valence-corrected chi connectivity index (χ4v) is 3.15. The first-order valence-electron chi connectivity index (χ1n) is 7.27. The summed E-state index contributed by atoms with van der Waals surface area (Å²) >= 11 is 6.06. The average molecular weight is 298 g/mol. The Kier molecular flexibility index (Phi) is 6.96. The van der Waals surface area contributed by atoms with Crippen LogP contribution in [0.25, 0.3) is 0 Å². The maximum absolute atomic E-state index is 6.07. The molecule has 114 valence electrons. The number of benzene rings is 1. The molecule has 1 rings (SSSR count). The van der Waals surface area contributed by atoms with Crippen LogP contribution in [0.5, 0.6) is 0 Å². The first kappa shape index (κ1) is 17.4. The summed E-state index contributed by atoms with van der Waals surface area (Å²) in [7, 11) is 4.21. The molecule has 0 aliphatic carbocycles. The van der Waals surface area contributed by atoms with Gasteiger partial charge in [0.15, 0.2) is 0 Å². The van der Waals surface area contributed by atoms with Crippen molar-refractivity contribution in [3.8, 4) is 0 Å². The molecule has 20 heavy (non-hydrogen) atoms. The minimum Gasteiger partial charge on any atom is -0.329 e. The Labute approximate surface area is 128 Å². The van der Waals surface area contributed by atoms with Crippen molar-refractivity contribution in [1.82, 2.24) is 9.80 Å². The van der Waals surface area contributed by atoms with Crippen molar-refractivity contribution in [2.24, 2.45) is 5.73 Å². The van der Waals surface area contributed by atoms with Crippen LogP contribution in [-0.2, 0) is 0 Å². The molecule has 1 aromatic carbocycles. The second kappa shape index (κ2) is 7.99. The number of likely N-dealkylation sites (N-methyl/N-ethyl adjacent to an activating group) is 2. The van der Waals surface area contributed by atoms with Crippen LogP contribution < -0.4 is 5.73 Å². The van der Waals surface area contributed by atoms with Gasteiger partial charge < -0.3 is 10.6 Å². The molecular weight excluding hydrogens is 270 g/mol. The number of hydrogen-bond donors (Lipinski definition) is 1. The standard InChI is InChI=1S/C16H28ClN3/c1-6-20(13(3)11-19(4)5)16(10-18)15-8-7-14(17)9-12(15)2/h7-9,13,16H,6,10-11,18H2,1-5H3. The first-order chi connectivity index (χ1) is 9.40. The maximum atomic E-state index is 6.07. The van der Waals surface area contributed by atoms with E-state index in [-0.39, 0.29) is 6.04 Å². The summed E-state index contributed by atoms with van der Waals surface area (Å²) in [6.07, 6.45) is 0. The highest BCUT2D eigenvalue weighted by Gasteiger charge is 2.24. The zero-order valence-electron chi connectivity index (χ0n) is 13.4. The molecule has 0 fully saturated rings. The lowest BCUT2D eigenvalue weighted by atomic mass is 9.98. The molecule has 0 heterocycles. The molecule has 0 saturated heterocycles. The van der Waals surface area contributed by atoms with Gasteiger partial charge in [0.25, 0.3) is 0 Å². The van der Waals surface area contributed by atoms with Crippen LogP contribution in [0.2, 0.25) is 5.02 Å². The number of hydrogen-bond acceptors (Lipinski definition) is 3. The van der Waals surface area contributed by atoms with Crippen molar-refractivity contribution in [3.05, 3.63) is 34.3 Å². The minimum absolute atomic E-state index is 0.243. The Morgan fingerprint density at radius 2 is 1.95 bits per heavy atom. The summed E-state index contributed by atoms with van der Waals surface area (Å²) in [5.41, 5.74) is 8.56. The van der Waals surface area contributed by atoms with Gasteiger partial charge >= 0.3 is 0 Å². The van der Waals surface area contributed by atoms with Crippen molar-refractivity contribution < 1.29 is 0 Å². The summed E-state index contributed by atoms with van der Waals surface area (Å²) in [6.45, 7) is 9.19. The topological polar surface area (TPSA) is 32.5 Å². The van der Waals surface area contributed by atoms with E-state index < -0.39 is 0 Å². The Morgan fingerprint density at radius 1 is 1.30 bits per heavy atom. The zero-order chi connectivity index (χ0) is 15.3. The molecule has 0 amide bonds. The summed E-state index contributed by atoms with van der Waals surface area (Å²) in [5.74, 6) is 0. The van der Waals surface area contributed by atoms with Crippen LogP contribution >= 0.6 is 11.6 Å². The SMILES string of the molecule is CCN(C(C)CN(C)C)C(CN)c1ccc(Cl)cc1C. The summed E-state index contributed by atoms with van der Waals surface area (Å²) < 4.78 is 0. The zero-order valence-corrected chi connectivity index (χ0v) is 14.1. The number of halogens is 1. The van der Waals surface area contributed by atoms with Gasteiger partial charge in [-0.25, -0.2) is 0 Å². The number of rotatable bonds is 7. The fourth-order valence-electron chi connectivity index (χ4n) is 2.93. The molecule has 2 unspecified atom stereocenters. The van der Waals surface area contributed by atoms with E-state index in [0.717, 1.165) is 18.1 Å². The Hall–Kier alpha value is -0.610. The van der Waals surface area contributed by atoms with Crippen LogP contribution in [0.3, 0.4) is 0 Å². The predicted octanol–water partition coefficient (Wildman–Crippen LogP) is 2.92. The summed E-state index contributed by atoms with van der Waals surface area (Å²) in [5, 5.41) is 0.784. The minimum atomic E-state index is 0.243. The number of nitrogens with two attached hydrogens (primary N) is 1. The fraction of sp³-hybridized carbons (Fsp3) is 0.625. The normalized spacial score (nSPS) is 14.8. The molecule has 0 aliphatic heterocycles. The Morgan fingerprint density at radius 3 is 2.40 bits per heavy atom. The smallest absolute Gasteiger partial charge is 0.0476 e. The molecule has 0 radical (unpaired) electrons. The number of aryl methyl sites for hydroxylation is 1. The third kappa shape index (κ3) is 4.45. The monoisotopic (exact) mass is 297 g/mol. The van der Waals surface area contributed by atoms with E-state index in [4.69, 9.17) is 17.3 Å². The second-order valence-electron chi connectivity index (χ2n) is 5.69. The molecule has 0 aliphatic rings. The van der Waals surface area contributed by atoms with E-state index in [0.29, 0.717) is 12.6 Å². The van der Waals surface area contributed by atoms with Gasteiger partial charge in [0.1, 0.15) is 0 Å². The van der Waals surface area contributed by atoms with Crippen molar-refractivity contribution in [2.45, 2.75) is 32.9 Å². The van der Waals surface area contributed by atoms with Crippen molar-refractivity contribution in [2.75, 3.05) is 33.7 Å². The lowest BCUT2D eigenvalue weighted by Crippen LogP contribution is -2.44. The molecule has 4 heteroatoms. The van der Waals surface area contributed by atoms with E-state index in [1.165, 1.54) is 11.1 Å². The van der Waals surface area contributed by atoms with Crippen LogP contribution in [0.1, 0.15) is 31.0 Å². The van der Waals surface area contributed by atoms with Crippen LogP contribution in [0, 0.1) is 6.92 Å². The summed E-state index contributed by atoms with van der Waals surface area (Å²) in [4.78, 5) is 4.69. The lowest BCUT2D eigenvalue weighted by molar-refractivity contribution is 0.130. The Bertz CT molecular complexity index is 420. The van der Waals surface area contributed by atoms with Gasteiger partial charge in [-0.15, -0.1) is 0 Å². The first-order valence-corrected chi connectivity index (χ1v) is 7.65. The van der Waals surface area contributed by atoms with Gasteiger partial charge in [-0.2, -0.15) is 0 Å². The lowest BCUT2D eigenvalue weighted by Gasteiger charge is -2.37. The average Bonchev–Trinajstić information content (AvgIpc) is 2.35. The second-order valence-corrected chi connectivity index (χ2v) is 6.13. The third-order valence-corrected chi connectivity index (χ3v) is 4.01. The van der Waals surface area contributed by atoms with Crippen molar-refractivity contribution in [3.63, 3.8) is 0 Å². The van der Waals surface area contributed by atoms with Crippen molar-refractivity contribution >= 4 is 11.6 Å². The molecular formula is C16H28ClN3. The van der Waals surface area contributed by atoms with Gasteiger partial charge in [0, 0.05) is 30.2 Å². The highest BCUT2D eigenvalue weighted by Crippen LogP contribution is 2.27. The predicted molar refractivity (Wildman–Crippen MR) is 88.4 cm³/mol. The quantitative estimate of drug-likeness (QED) is 0.840.